The maximum absolute atomic E-state index is 13.9. The van der Waals surface area contributed by atoms with Gasteiger partial charge in [0.15, 0.2) is 0 Å². The lowest BCUT2D eigenvalue weighted by Crippen LogP contribution is -2.46. The van der Waals surface area contributed by atoms with Crippen molar-refractivity contribution in [3.05, 3.63) is 74.9 Å². The molecule has 0 bridgehead atoms. The second-order valence-electron chi connectivity index (χ2n) is 7.48. The van der Waals surface area contributed by atoms with Gasteiger partial charge in [0.05, 0.1) is 5.69 Å². The van der Waals surface area contributed by atoms with E-state index in [0.29, 0.717) is 30.9 Å². The molecule has 0 atom stereocenters. The zero-order valence-electron chi connectivity index (χ0n) is 16.5. The zero-order valence-corrected chi connectivity index (χ0v) is 16.5. The quantitative estimate of drug-likeness (QED) is 0.637. The molecular formula is C23H22FN3O2. The van der Waals surface area contributed by atoms with Crippen molar-refractivity contribution in [2.24, 2.45) is 0 Å². The minimum absolute atomic E-state index is 0.0958. The van der Waals surface area contributed by atoms with Gasteiger partial charge in [0, 0.05) is 44.2 Å². The summed E-state index contributed by atoms with van der Waals surface area (Å²) in [7, 11) is 0. The van der Waals surface area contributed by atoms with Crippen molar-refractivity contribution < 1.29 is 8.81 Å². The molecule has 1 aliphatic rings. The molecule has 0 amide bonds. The maximum atomic E-state index is 13.9. The number of piperazine rings is 1. The number of rotatable bonds is 3. The Hall–Kier alpha value is -3.17. The lowest BCUT2D eigenvalue weighted by atomic mass is 10.0. The van der Waals surface area contributed by atoms with Gasteiger partial charge in [-0.1, -0.05) is 18.2 Å². The van der Waals surface area contributed by atoms with Crippen LogP contribution in [0.2, 0.25) is 0 Å². The third-order valence-corrected chi connectivity index (χ3v) is 5.73. The molecule has 4 rings (SSSR count). The summed E-state index contributed by atoms with van der Waals surface area (Å²) < 4.78 is 19.4. The van der Waals surface area contributed by atoms with Crippen LogP contribution in [0.1, 0.15) is 22.3 Å². The Morgan fingerprint density at radius 1 is 1.14 bits per heavy atom. The molecule has 5 nitrogen and oxygen atoms in total. The molecule has 0 saturated carbocycles. The van der Waals surface area contributed by atoms with Crippen molar-refractivity contribution in [2.45, 2.75) is 20.4 Å². The largest absolute Gasteiger partial charge is 0.422 e. The van der Waals surface area contributed by atoms with Crippen molar-refractivity contribution in [3.8, 4) is 6.07 Å². The van der Waals surface area contributed by atoms with Gasteiger partial charge in [-0.3, -0.25) is 4.90 Å². The number of aryl methyl sites for hydroxylation is 2. The average molecular weight is 391 g/mol. The Kier molecular flexibility index (Phi) is 5.08. The van der Waals surface area contributed by atoms with Gasteiger partial charge in [0.25, 0.3) is 0 Å². The lowest BCUT2D eigenvalue weighted by molar-refractivity contribution is 0.250. The first-order chi connectivity index (χ1) is 14.0. The van der Waals surface area contributed by atoms with Crippen LogP contribution in [-0.4, -0.2) is 31.1 Å². The molecule has 2 heterocycles. The van der Waals surface area contributed by atoms with Gasteiger partial charge in [-0.25, -0.2) is 9.18 Å². The molecule has 0 unspecified atom stereocenters. The Morgan fingerprint density at radius 3 is 2.62 bits per heavy atom. The summed E-state index contributed by atoms with van der Waals surface area (Å²) in [4.78, 5) is 16.4. The summed E-state index contributed by atoms with van der Waals surface area (Å²) in [6.45, 7) is 7.51. The predicted molar refractivity (Wildman–Crippen MR) is 111 cm³/mol. The van der Waals surface area contributed by atoms with E-state index in [1.807, 2.05) is 36.9 Å². The van der Waals surface area contributed by atoms with E-state index in [1.54, 1.807) is 18.2 Å². The van der Waals surface area contributed by atoms with Crippen molar-refractivity contribution >= 4 is 16.7 Å². The van der Waals surface area contributed by atoms with Crippen LogP contribution in [0.3, 0.4) is 0 Å². The molecule has 148 valence electrons. The molecule has 1 saturated heterocycles. The van der Waals surface area contributed by atoms with Gasteiger partial charge in [0.2, 0.25) is 0 Å². The van der Waals surface area contributed by atoms with Crippen molar-refractivity contribution in [1.29, 1.82) is 5.26 Å². The molecule has 1 aromatic heterocycles. The fourth-order valence-corrected chi connectivity index (χ4v) is 3.93. The molecule has 0 N–H and O–H groups in total. The molecular weight excluding hydrogens is 369 g/mol. The van der Waals surface area contributed by atoms with Crippen LogP contribution in [0.25, 0.3) is 11.0 Å². The second kappa shape index (κ2) is 7.69. The van der Waals surface area contributed by atoms with E-state index in [1.165, 1.54) is 6.07 Å². The number of anilines is 1. The molecule has 1 aliphatic heterocycles. The number of hydrogen-bond acceptors (Lipinski definition) is 5. The van der Waals surface area contributed by atoms with Gasteiger partial charge in [-0.2, -0.15) is 5.26 Å². The number of nitriles is 1. The van der Waals surface area contributed by atoms with E-state index in [2.05, 4.69) is 4.90 Å². The average Bonchev–Trinajstić information content (AvgIpc) is 2.71. The molecule has 29 heavy (non-hydrogen) atoms. The lowest BCUT2D eigenvalue weighted by Gasteiger charge is -2.36. The minimum atomic E-state index is -0.486. The van der Waals surface area contributed by atoms with E-state index < -0.39 is 5.82 Å². The van der Waals surface area contributed by atoms with Crippen molar-refractivity contribution in [2.75, 3.05) is 31.1 Å². The summed E-state index contributed by atoms with van der Waals surface area (Å²) in [5.41, 5.74) is 4.10. The van der Waals surface area contributed by atoms with E-state index >= 15 is 0 Å². The molecule has 6 heteroatoms. The minimum Gasteiger partial charge on any atom is -0.422 e. The first kappa shape index (κ1) is 19.2. The highest BCUT2D eigenvalue weighted by Gasteiger charge is 2.22. The number of fused-ring (bicyclic) bond motifs is 1. The Labute approximate surface area is 168 Å². The summed E-state index contributed by atoms with van der Waals surface area (Å²) in [6, 6.07) is 12.3. The van der Waals surface area contributed by atoms with E-state index in [4.69, 9.17) is 4.42 Å². The van der Waals surface area contributed by atoms with E-state index in [-0.39, 0.29) is 11.2 Å². The van der Waals surface area contributed by atoms with Crippen molar-refractivity contribution in [1.82, 2.24) is 4.90 Å². The fourth-order valence-electron chi connectivity index (χ4n) is 3.93. The van der Waals surface area contributed by atoms with Crippen LogP contribution >= 0.6 is 0 Å². The third kappa shape index (κ3) is 3.62. The van der Waals surface area contributed by atoms with Crippen LogP contribution < -0.4 is 10.5 Å². The molecule has 1 fully saturated rings. The number of hydrogen-bond donors (Lipinski definition) is 0. The normalized spacial score (nSPS) is 14.9. The van der Waals surface area contributed by atoms with Gasteiger partial charge in [-0.15, -0.1) is 0 Å². The van der Waals surface area contributed by atoms with Crippen LogP contribution in [0.4, 0.5) is 10.1 Å². The standard InChI is InChI=1S/C23H22FN3O2/c1-15-6-7-18-17(12-22(28)29-23(18)16(15)2)14-26-8-10-27(11-9-26)21-5-3-4-20(24)19(21)13-25/h3-7,12H,8-11,14H2,1-2H3. The predicted octanol–water partition coefficient (Wildman–Crippen LogP) is 3.74. The fraction of sp³-hybridized carbons (Fsp3) is 0.304. The maximum Gasteiger partial charge on any atom is 0.336 e. The zero-order chi connectivity index (χ0) is 20.5. The Balaban J connectivity index is 1.54. The number of halogens is 1. The van der Waals surface area contributed by atoms with Crippen LogP contribution in [0.15, 0.2) is 45.6 Å². The van der Waals surface area contributed by atoms with Gasteiger partial charge < -0.3 is 9.32 Å². The van der Waals surface area contributed by atoms with E-state index in [0.717, 1.165) is 35.2 Å². The Morgan fingerprint density at radius 2 is 1.90 bits per heavy atom. The van der Waals surface area contributed by atoms with Crippen LogP contribution in [0.5, 0.6) is 0 Å². The smallest absolute Gasteiger partial charge is 0.336 e. The number of benzene rings is 2. The summed E-state index contributed by atoms with van der Waals surface area (Å²) >= 11 is 0. The topological polar surface area (TPSA) is 60.5 Å². The van der Waals surface area contributed by atoms with Gasteiger partial charge in [0.1, 0.15) is 23.0 Å². The molecule has 3 aromatic rings. The molecule has 0 radical (unpaired) electrons. The molecule has 2 aromatic carbocycles. The summed E-state index contributed by atoms with van der Waals surface area (Å²) in [5, 5.41) is 10.2. The van der Waals surface area contributed by atoms with Crippen LogP contribution in [-0.2, 0) is 6.54 Å². The second-order valence-corrected chi connectivity index (χ2v) is 7.48. The number of nitrogens with zero attached hydrogens (tertiary/aromatic N) is 3. The third-order valence-electron chi connectivity index (χ3n) is 5.73. The monoisotopic (exact) mass is 391 g/mol. The first-order valence-corrected chi connectivity index (χ1v) is 9.67. The van der Waals surface area contributed by atoms with E-state index in [9.17, 15) is 14.4 Å². The summed E-state index contributed by atoms with van der Waals surface area (Å²) in [5.74, 6) is -0.486. The highest BCUT2D eigenvalue weighted by molar-refractivity contribution is 5.83. The van der Waals surface area contributed by atoms with Gasteiger partial charge >= 0.3 is 5.63 Å². The van der Waals surface area contributed by atoms with Crippen molar-refractivity contribution in [3.63, 3.8) is 0 Å². The Bertz CT molecular complexity index is 1170. The highest BCUT2D eigenvalue weighted by atomic mass is 19.1. The molecule has 0 spiro atoms. The molecule has 0 aliphatic carbocycles. The SMILES string of the molecule is Cc1ccc2c(CN3CCN(c4cccc(F)c4C#N)CC3)cc(=O)oc2c1C. The van der Waals surface area contributed by atoms with Crippen LogP contribution in [0, 0.1) is 31.0 Å². The first-order valence-electron chi connectivity index (χ1n) is 9.67. The summed E-state index contributed by atoms with van der Waals surface area (Å²) in [6.07, 6.45) is 0. The van der Waals surface area contributed by atoms with Gasteiger partial charge in [-0.05, 0) is 42.7 Å². The highest BCUT2D eigenvalue weighted by Crippen LogP contribution is 2.26.